The molecule has 0 aliphatic carbocycles. The van der Waals surface area contributed by atoms with Crippen LogP contribution in [0.5, 0.6) is 0 Å². The van der Waals surface area contributed by atoms with Crippen LogP contribution in [0.2, 0.25) is 0 Å². The van der Waals surface area contributed by atoms with Crippen LogP contribution in [0.3, 0.4) is 0 Å². The summed E-state index contributed by atoms with van der Waals surface area (Å²) in [6.45, 7) is 5.68. The van der Waals surface area contributed by atoms with Crippen molar-refractivity contribution in [2.45, 2.75) is 38.3 Å². The van der Waals surface area contributed by atoms with Crippen LogP contribution in [0.4, 0.5) is 0 Å². The van der Waals surface area contributed by atoms with Crippen LogP contribution in [0.1, 0.15) is 41.6 Å². The normalized spacial score (nSPS) is 27.5. The summed E-state index contributed by atoms with van der Waals surface area (Å²) in [6, 6.07) is 8.43. The molecule has 0 aromatic heterocycles. The molecule has 0 saturated carbocycles. The largest absolute Gasteiger partial charge is 0.396 e. The molecular formula is C21H30N2O3. The lowest BCUT2D eigenvalue weighted by atomic mass is 9.91. The average Bonchev–Trinajstić information content (AvgIpc) is 3.17. The summed E-state index contributed by atoms with van der Waals surface area (Å²) < 4.78 is 5.61. The van der Waals surface area contributed by atoms with Gasteiger partial charge in [-0.2, -0.15) is 0 Å². The van der Waals surface area contributed by atoms with Crippen LogP contribution in [0.25, 0.3) is 0 Å². The number of rotatable bonds is 4. The molecule has 1 aromatic carbocycles. The lowest BCUT2D eigenvalue weighted by Gasteiger charge is -2.36. The molecule has 5 nitrogen and oxygen atoms in total. The van der Waals surface area contributed by atoms with Gasteiger partial charge < -0.3 is 14.7 Å². The third kappa shape index (κ3) is 3.80. The van der Waals surface area contributed by atoms with Gasteiger partial charge in [0.05, 0.1) is 19.3 Å². The Labute approximate surface area is 155 Å². The maximum atomic E-state index is 12.9. The summed E-state index contributed by atoms with van der Waals surface area (Å²) >= 11 is 0. The van der Waals surface area contributed by atoms with Gasteiger partial charge in [0.15, 0.2) is 0 Å². The van der Waals surface area contributed by atoms with E-state index in [1.54, 1.807) is 0 Å². The van der Waals surface area contributed by atoms with Gasteiger partial charge in [-0.25, -0.2) is 0 Å². The minimum absolute atomic E-state index is 0.153. The molecule has 5 heteroatoms. The molecular weight excluding hydrogens is 328 g/mol. The molecule has 3 saturated heterocycles. The molecule has 0 unspecified atom stereocenters. The second-order valence-electron chi connectivity index (χ2n) is 8.10. The fraction of sp³-hybridized carbons (Fsp3) is 0.667. The van der Waals surface area contributed by atoms with Crippen molar-refractivity contribution in [3.8, 4) is 0 Å². The molecule has 3 aliphatic rings. The molecule has 142 valence electrons. The van der Waals surface area contributed by atoms with Crippen LogP contribution < -0.4 is 0 Å². The molecule has 0 bridgehead atoms. The minimum atomic E-state index is 0.153. The predicted octanol–water partition coefficient (Wildman–Crippen LogP) is 2.14. The van der Waals surface area contributed by atoms with Gasteiger partial charge in [-0.1, -0.05) is 12.1 Å². The monoisotopic (exact) mass is 358 g/mol. The van der Waals surface area contributed by atoms with Crippen molar-refractivity contribution in [2.24, 2.45) is 11.8 Å². The zero-order valence-corrected chi connectivity index (χ0v) is 15.5. The fourth-order valence-corrected chi connectivity index (χ4v) is 4.65. The first-order valence-corrected chi connectivity index (χ1v) is 10.1. The average molecular weight is 358 g/mol. The Morgan fingerprint density at radius 2 is 1.85 bits per heavy atom. The van der Waals surface area contributed by atoms with E-state index in [0.29, 0.717) is 25.0 Å². The van der Waals surface area contributed by atoms with Gasteiger partial charge in [0.2, 0.25) is 0 Å². The number of aliphatic hydroxyl groups excluding tert-OH is 1. The first-order valence-electron chi connectivity index (χ1n) is 10.1. The van der Waals surface area contributed by atoms with E-state index >= 15 is 0 Å². The summed E-state index contributed by atoms with van der Waals surface area (Å²) in [6.07, 6.45) is 4.41. The van der Waals surface area contributed by atoms with Crippen molar-refractivity contribution >= 4 is 5.91 Å². The van der Waals surface area contributed by atoms with E-state index in [4.69, 9.17) is 4.74 Å². The fourth-order valence-electron chi connectivity index (χ4n) is 4.65. The SMILES string of the molecule is O=C(c1ccc(CN2CCC(CO)CC2)cc1)N1CCC[C@H]2COC[C@H]21. The summed E-state index contributed by atoms with van der Waals surface area (Å²) in [5.74, 6) is 1.15. The van der Waals surface area contributed by atoms with E-state index in [-0.39, 0.29) is 11.9 Å². The van der Waals surface area contributed by atoms with E-state index in [2.05, 4.69) is 17.0 Å². The smallest absolute Gasteiger partial charge is 0.254 e. The number of hydrogen-bond donors (Lipinski definition) is 1. The van der Waals surface area contributed by atoms with Crippen LogP contribution in [0.15, 0.2) is 24.3 Å². The summed E-state index contributed by atoms with van der Waals surface area (Å²) in [5, 5.41) is 9.25. The molecule has 4 rings (SSSR count). The lowest BCUT2D eigenvalue weighted by Crippen LogP contribution is -2.48. The highest BCUT2D eigenvalue weighted by Crippen LogP contribution is 2.30. The maximum Gasteiger partial charge on any atom is 0.254 e. The van der Waals surface area contributed by atoms with Crippen molar-refractivity contribution < 1.29 is 14.6 Å². The number of nitrogens with zero attached hydrogens (tertiary/aromatic N) is 2. The number of aliphatic hydroxyl groups is 1. The van der Waals surface area contributed by atoms with Crippen molar-refractivity contribution in [1.29, 1.82) is 0 Å². The second-order valence-corrected chi connectivity index (χ2v) is 8.10. The molecule has 1 amide bonds. The number of ether oxygens (including phenoxy) is 1. The number of amides is 1. The maximum absolute atomic E-state index is 12.9. The molecule has 26 heavy (non-hydrogen) atoms. The number of carbonyl (C=O) groups is 1. The van der Waals surface area contributed by atoms with E-state index in [1.165, 1.54) is 12.0 Å². The molecule has 1 N–H and O–H groups in total. The summed E-state index contributed by atoms with van der Waals surface area (Å²) in [7, 11) is 0. The minimum Gasteiger partial charge on any atom is -0.396 e. The summed E-state index contributed by atoms with van der Waals surface area (Å²) in [5.41, 5.74) is 2.05. The van der Waals surface area contributed by atoms with Gasteiger partial charge in [0.1, 0.15) is 0 Å². The van der Waals surface area contributed by atoms with Crippen molar-refractivity contribution in [3.05, 3.63) is 35.4 Å². The first kappa shape index (κ1) is 18.0. The molecule has 3 fully saturated rings. The van der Waals surface area contributed by atoms with E-state index < -0.39 is 0 Å². The predicted molar refractivity (Wildman–Crippen MR) is 99.9 cm³/mol. The number of carbonyl (C=O) groups excluding carboxylic acids is 1. The quantitative estimate of drug-likeness (QED) is 0.896. The van der Waals surface area contributed by atoms with Crippen LogP contribution in [-0.2, 0) is 11.3 Å². The molecule has 2 atom stereocenters. The third-order valence-electron chi connectivity index (χ3n) is 6.37. The third-order valence-corrected chi connectivity index (χ3v) is 6.37. The van der Waals surface area contributed by atoms with Crippen LogP contribution in [0, 0.1) is 11.8 Å². The van der Waals surface area contributed by atoms with Gasteiger partial charge in [-0.3, -0.25) is 9.69 Å². The standard InChI is InChI=1S/C21H30N2O3/c24-13-17-7-10-22(11-8-17)12-16-3-5-18(6-4-16)21(25)23-9-1-2-19-14-26-15-20(19)23/h3-6,17,19-20,24H,1-2,7-15H2/t19-,20+/m0/s1. The number of hydrogen-bond acceptors (Lipinski definition) is 4. The van der Waals surface area contributed by atoms with Crippen molar-refractivity contribution in [3.63, 3.8) is 0 Å². The van der Waals surface area contributed by atoms with Crippen LogP contribution >= 0.6 is 0 Å². The second kappa shape index (κ2) is 8.07. The summed E-state index contributed by atoms with van der Waals surface area (Å²) in [4.78, 5) is 17.4. The number of fused-ring (bicyclic) bond motifs is 1. The van der Waals surface area contributed by atoms with Gasteiger partial charge in [0.25, 0.3) is 5.91 Å². The first-order chi connectivity index (χ1) is 12.7. The lowest BCUT2D eigenvalue weighted by molar-refractivity contribution is 0.0559. The highest BCUT2D eigenvalue weighted by Gasteiger charge is 2.38. The van der Waals surface area contributed by atoms with E-state index in [1.807, 2.05) is 17.0 Å². The van der Waals surface area contributed by atoms with Gasteiger partial charge in [0, 0.05) is 31.2 Å². The number of piperidine rings is 2. The van der Waals surface area contributed by atoms with Crippen LogP contribution in [-0.4, -0.2) is 66.3 Å². The van der Waals surface area contributed by atoms with E-state index in [0.717, 1.165) is 57.6 Å². The van der Waals surface area contributed by atoms with Crippen molar-refractivity contribution in [2.75, 3.05) is 39.5 Å². The molecule has 0 radical (unpaired) electrons. The Hall–Kier alpha value is -1.43. The zero-order chi connectivity index (χ0) is 17.9. The topological polar surface area (TPSA) is 53.0 Å². The van der Waals surface area contributed by atoms with Gasteiger partial charge >= 0.3 is 0 Å². The van der Waals surface area contributed by atoms with E-state index in [9.17, 15) is 9.90 Å². The zero-order valence-electron chi connectivity index (χ0n) is 15.5. The number of benzene rings is 1. The van der Waals surface area contributed by atoms with Gasteiger partial charge in [-0.15, -0.1) is 0 Å². The Morgan fingerprint density at radius 1 is 1.08 bits per heavy atom. The highest BCUT2D eigenvalue weighted by atomic mass is 16.5. The number of likely N-dealkylation sites (tertiary alicyclic amines) is 2. The molecule has 3 heterocycles. The Kier molecular flexibility index (Phi) is 5.57. The highest BCUT2D eigenvalue weighted by molar-refractivity contribution is 5.94. The van der Waals surface area contributed by atoms with Gasteiger partial charge in [-0.05, 0) is 62.4 Å². The Bertz CT molecular complexity index is 610. The molecule has 3 aliphatic heterocycles. The Morgan fingerprint density at radius 3 is 2.58 bits per heavy atom. The Balaban J connectivity index is 1.36. The molecule has 1 aromatic rings. The molecule has 0 spiro atoms. The van der Waals surface area contributed by atoms with Crippen molar-refractivity contribution in [1.82, 2.24) is 9.80 Å².